The van der Waals surface area contributed by atoms with E-state index in [2.05, 4.69) is 15.4 Å². The highest BCUT2D eigenvalue weighted by atomic mass is 19.1. The molecule has 0 fully saturated rings. The number of nitrogens with two attached hydrogens (primary N) is 1. The minimum atomic E-state index is -0.269. The van der Waals surface area contributed by atoms with Crippen LogP contribution in [-0.2, 0) is 0 Å². The van der Waals surface area contributed by atoms with Crippen LogP contribution in [0.4, 0.5) is 10.2 Å². The first-order valence-corrected chi connectivity index (χ1v) is 4.77. The van der Waals surface area contributed by atoms with E-state index in [9.17, 15) is 4.39 Å². The second kappa shape index (κ2) is 4.24. The summed E-state index contributed by atoms with van der Waals surface area (Å²) in [5, 5.41) is 0. The Labute approximate surface area is 92.3 Å². The molecule has 0 amide bonds. The lowest BCUT2D eigenvalue weighted by Gasteiger charge is -2.05. The van der Waals surface area contributed by atoms with Crippen molar-refractivity contribution in [2.75, 3.05) is 5.43 Å². The van der Waals surface area contributed by atoms with Gasteiger partial charge in [0.1, 0.15) is 11.6 Å². The van der Waals surface area contributed by atoms with Gasteiger partial charge in [0.15, 0.2) is 5.82 Å². The van der Waals surface area contributed by atoms with Gasteiger partial charge in [0.2, 0.25) is 0 Å². The molecule has 0 atom stereocenters. The molecule has 16 heavy (non-hydrogen) atoms. The summed E-state index contributed by atoms with van der Waals surface area (Å²) in [5.41, 5.74) is 4.02. The van der Waals surface area contributed by atoms with Crippen LogP contribution < -0.4 is 11.3 Å². The maximum Gasteiger partial charge on any atom is 0.161 e. The third kappa shape index (κ3) is 1.99. The van der Waals surface area contributed by atoms with E-state index in [1.807, 2.05) is 6.92 Å². The molecule has 0 bridgehead atoms. The van der Waals surface area contributed by atoms with Gasteiger partial charge in [-0.3, -0.25) is 0 Å². The smallest absolute Gasteiger partial charge is 0.161 e. The van der Waals surface area contributed by atoms with E-state index >= 15 is 0 Å². The van der Waals surface area contributed by atoms with E-state index in [-0.39, 0.29) is 5.82 Å². The predicted octanol–water partition coefficient (Wildman–Crippen LogP) is 1.88. The largest absolute Gasteiger partial charge is 0.308 e. The summed E-state index contributed by atoms with van der Waals surface area (Å²) in [7, 11) is 0. The molecule has 0 aliphatic heterocycles. The monoisotopic (exact) mass is 218 g/mol. The van der Waals surface area contributed by atoms with Gasteiger partial charge in [-0.15, -0.1) is 0 Å². The maximum absolute atomic E-state index is 12.9. The molecule has 0 aliphatic carbocycles. The lowest BCUT2D eigenvalue weighted by molar-refractivity contribution is 0.627. The molecule has 1 aromatic carbocycles. The molecule has 1 heterocycles. The summed E-state index contributed by atoms with van der Waals surface area (Å²) in [5.74, 6) is 6.03. The fourth-order valence-electron chi connectivity index (χ4n) is 1.45. The van der Waals surface area contributed by atoms with Gasteiger partial charge in [-0.05, 0) is 30.7 Å². The summed E-state index contributed by atoms with van der Waals surface area (Å²) >= 11 is 0. The van der Waals surface area contributed by atoms with Gasteiger partial charge >= 0.3 is 0 Å². The van der Waals surface area contributed by atoms with Gasteiger partial charge in [-0.25, -0.2) is 20.2 Å². The molecule has 2 aromatic rings. The van der Waals surface area contributed by atoms with Crippen molar-refractivity contribution in [1.29, 1.82) is 0 Å². The van der Waals surface area contributed by atoms with E-state index < -0.39 is 0 Å². The number of benzene rings is 1. The van der Waals surface area contributed by atoms with E-state index in [4.69, 9.17) is 5.84 Å². The van der Waals surface area contributed by atoms with Crippen molar-refractivity contribution in [3.8, 4) is 11.4 Å². The number of nitrogens with one attached hydrogen (secondary N) is 1. The number of nitrogen functional groups attached to an aromatic ring is 1. The topological polar surface area (TPSA) is 63.8 Å². The lowest BCUT2D eigenvalue weighted by atomic mass is 10.1. The van der Waals surface area contributed by atoms with Crippen LogP contribution in [0.3, 0.4) is 0 Å². The van der Waals surface area contributed by atoms with Crippen molar-refractivity contribution in [3.63, 3.8) is 0 Å². The zero-order valence-corrected chi connectivity index (χ0v) is 8.74. The summed E-state index contributed by atoms with van der Waals surface area (Å²) < 4.78 is 12.9. The Balaban J connectivity index is 2.49. The molecule has 2 rings (SSSR count). The van der Waals surface area contributed by atoms with Gasteiger partial charge in [-0.2, -0.15) is 0 Å². The average Bonchev–Trinajstić information content (AvgIpc) is 2.29. The van der Waals surface area contributed by atoms with Crippen molar-refractivity contribution in [1.82, 2.24) is 9.97 Å². The molecule has 5 heteroatoms. The molecule has 0 unspecified atom stereocenters. The number of rotatable bonds is 2. The number of hydrazine groups is 1. The van der Waals surface area contributed by atoms with Crippen LogP contribution in [0.1, 0.15) is 5.56 Å². The molecule has 82 valence electrons. The molecule has 0 saturated heterocycles. The van der Waals surface area contributed by atoms with Crippen LogP contribution in [-0.4, -0.2) is 9.97 Å². The van der Waals surface area contributed by atoms with Gasteiger partial charge < -0.3 is 5.43 Å². The third-order valence-corrected chi connectivity index (χ3v) is 2.23. The van der Waals surface area contributed by atoms with Crippen LogP contribution >= 0.6 is 0 Å². The normalized spacial score (nSPS) is 10.2. The standard InChI is InChI=1S/C11H11FN4/c1-7-6-8(12)2-3-9(7)11-14-5-4-10(15-11)16-13/h2-6H,13H2,1H3,(H,14,15,16). The number of nitrogens with zero attached hydrogens (tertiary/aromatic N) is 2. The van der Waals surface area contributed by atoms with Gasteiger partial charge in [0.05, 0.1) is 0 Å². The highest BCUT2D eigenvalue weighted by molar-refractivity contribution is 5.61. The quantitative estimate of drug-likeness (QED) is 0.596. The first-order valence-electron chi connectivity index (χ1n) is 4.77. The molecule has 3 N–H and O–H groups in total. The van der Waals surface area contributed by atoms with Crippen LogP contribution in [0.15, 0.2) is 30.5 Å². The zero-order chi connectivity index (χ0) is 11.5. The first-order chi connectivity index (χ1) is 7.70. The van der Waals surface area contributed by atoms with Crippen molar-refractivity contribution < 1.29 is 4.39 Å². The van der Waals surface area contributed by atoms with Crippen molar-refractivity contribution in [2.45, 2.75) is 6.92 Å². The lowest BCUT2D eigenvalue weighted by Crippen LogP contribution is -2.09. The highest BCUT2D eigenvalue weighted by Crippen LogP contribution is 2.21. The Bertz CT molecular complexity index is 513. The number of hydrogen-bond donors (Lipinski definition) is 2. The minimum absolute atomic E-state index is 0.269. The number of anilines is 1. The minimum Gasteiger partial charge on any atom is -0.308 e. The summed E-state index contributed by atoms with van der Waals surface area (Å²) in [6.45, 7) is 1.81. The molecular formula is C11H11FN4. The number of aryl methyl sites for hydroxylation is 1. The Morgan fingerprint density at radius 3 is 2.81 bits per heavy atom. The average molecular weight is 218 g/mol. The predicted molar refractivity (Wildman–Crippen MR) is 60.0 cm³/mol. The summed E-state index contributed by atoms with van der Waals surface area (Å²) in [6, 6.07) is 6.14. The highest BCUT2D eigenvalue weighted by Gasteiger charge is 2.06. The molecule has 0 spiro atoms. The van der Waals surface area contributed by atoms with Crippen molar-refractivity contribution >= 4 is 5.82 Å². The Morgan fingerprint density at radius 1 is 1.31 bits per heavy atom. The molecule has 0 saturated carbocycles. The zero-order valence-electron chi connectivity index (χ0n) is 8.74. The molecule has 0 aliphatic rings. The Hall–Kier alpha value is -2.01. The second-order valence-electron chi connectivity index (χ2n) is 3.37. The Kier molecular flexibility index (Phi) is 2.78. The third-order valence-electron chi connectivity index (χ3n) is 2.23. The van der Waals surface area contributed by atoms with Crippen LogP contribution in [0.2, 0.25) is 0 Å². The van der Waals surface area contributed by atoms with Crippen LogP contribution in [0.5, 0.6) is 0 Å². The maximum atomic E-state index is 12.9. The van der Waals surface area contributed by atoms with Gasteiger partial charge in [-0.1, -0.05) is 0 Å². The molecule has 0 radical (unpaired) electrons. The van der Waals surface area contributed by atoms with E-state index in [1.165, 1.54) is 12.1 Å². The second-order valence-corrected chi connectivity index (χ2v) is 3.37. The van der Waals surface area contributed by atoms with Crippen molar-refractivity contribution in [3.05, 3.63) is 41.8 Å². The number of aromatic nitrogens is 2. The molecule has 4 nitrogen and oxygen atoms in total. The van der Waals surface area contributed by atoms with E-state index in [1.54, 1.807) is 18.3 Å². The fourth-order valence-corrected chi connectivity index (χ4v) is 1.45. The van der Waals surface area contributed by atoms with Gasteiger partial charge in [0.25, 0.3) is 0 Å². The van der Waals surface area contributed by atoms with E-state index in [0.717, 1.165) is 11.1 Å². The van der Waals surface area contributed by atoms with E-state index in [0.29, 0.717) is 11.6 Å². The first kappa shape index (κ1) is 10.5. The van der Waals surface area contributed by atoms with Crippen LogP contribution in [0, 0.1) is 12.7 Å². The van der Waals surface area contributed by atoms with Crippen molar-refractivity contribution in [2.24, 2.45) is 5.84 Å². The fraction of sp³-hybridized carbons (Fsp3) is 0.0909. The summed E-state index contributed by atoms with van der Waals surface area (Å²) in [6.07, 6.45) is 1.60. The molecular weight excluding hydrogens is 207 g/mol. The number of halogens is 1. The van der Waals surface area contributed by atoms with Crippen LogP contribution in [0.25, 0.3) is 11.4 Å². The SMILES string of the molecule is Cc1cc(F)ccc1-c1nccc(NN)n1. The van der Waals surface area contributed by atoms with Gasteiger partial charge in [0, 0.05) is 17.8 Å². The summed E-state index contributed by atoms with van der Waals surface area (Å²) in [4.78, 5) is 8.30. The Morgan fingerprint density at radius 2 is 2.12 bits per heavy atom. The number of hydrogen-bond acceptors (Lipinski definition) is 4. The molecule has 1 aromatic heterocycles.